The molecule has 0 aliphatic carbocycles. The summed E-state index contributed by atoms with van der Waals surface area (Å²) in [6, 6.07) is 0.716. The van der Waals surface area contributed by atoms with Crippen molar-refractivity contribution >= 4 is 11.8 Å². The van der Waals surface area contributed by atoms with Crippen molar-refractivity contribution < 1.29 is 14.2 Å². The van der Waals surface area contributed by atoms with Crippen LogP contribution in [-0.4, -0.2) is 70.2 Å². The van der Waals surface area contributed by atoms with Gasteiger partial charge in [0.15, 0.2) is 0 Å². The third kappa shape index (κ3) is 5.06. The van der Waals surface area contributed by atoms with Crippen LogP contribution in [0.25, 0.3) is 0 Å². The maximum atomic E-state index is 12.5. The number of carbonyl (C=O) groups excluding carboxylic acids is 2. The van der Waals surface area contributed by atoms with Gasteiger partial charge in [-0.3, -0.25) is 9.59 Å². The van der Waals surface area contributed by atoms with E-state index in [0.717, 1.165) is 51.9 Å². The molecule has 0 aromatic carbocycles. The normalized spacial score (nSPS) is 20.2. The highest BCUT2D eigenvalue weighted by molar-refractivity contribution is 5.79. The van der Waals surface area contributed by atoms with E-state index in [1.165, 1.54) is 0 Å². The Morgan fingerprint density at radius 3 is 2.33 bits per heavy atom. The molecule has 1 aromatic rings. The maximum Gasteiger partial charge on any atom is 0.228 e. The number of aryl methyl sites for hydroxylation is 1. The molecule has 8 heteroatoms. The zero-order chi connectivity index (χ0) is 19.4. The third-order valence-corrected chi connectivity index (χ3v) is 5.73. The molecule has 3 rings (SSSR count). The van der Waals surface area contributed by atoms with Crippen LogP contribution in [0.3, 0.4) is 0 Å². The minimum absolute atomic E-state index is 0.0938. The van der Waals surface area contributed by atoms with E-state index in [2.05, 4.69) is 25.2 Å². The van der Waals surface area contributed by atoms with Gasteiger partial charge >= 0.3 is 0 Å². The fraction of sp³-hybridized carbons (Fsp3) is 0.789. The van der Waals surface area contributed by atoms with Crippen LogP contribution in [0.15, 0.2) is 4.63 Å². The van der Waals surface area contributed by atoms with Crippen molar-refractivity contribution in [1.82, 2.24) is 25.4 Å². The molecular weight excluding hydrogens is 346 g/mol. The summed E-state index contributed by atoms with van der Waals surface area (Å²) in [7, 11) is 0. The average molecular weight is 377 g/mol. The SMILES string of the molecule is Cc1nonc1CC(=O)N1CCC(N2CCC(C(=O)NC(C)C)CC2)CC1. The fourth-order valence-electron chi connectivity index (χ4n) is 4.07. The van der Waals surface area contributed by atoms with Crippen LogP contribution >= 0.6 is 0 Å². The first-order valence-corrected chi connectivity index (χ1v) is 10.0. The number of amides is 2. The quantitative estimate of drug-likeness (QED) is 0.828. The average Bonchev–Trinajstić information content (AvgIpc) is 3.06. The molecule has 2 aliphatic rings. The predicted molar refractivity (Wildman–Crippen MR) is 99.9 cm³/mol. The molecule has 2 fully saturated rings. The van der Waals surface area contributed by atoms with Gasteiger partial charge in [-0.2, -0.15) is 0 Å². The van der Waals surface area contributed by atoms with Gasteiger partial charge in [0.1, 0.15) is 11.4 Å². The first-order chi connectivity index (χ1) is 12.9. The summed E-state index contributed by atoms with van der Waals surface area (Å²) >= 11 is 0. The first kappa shape index (κ1) is 19.8. The Balaban J connectivity index is 1.41. The summed E-state index contributed by atoms with van der Waals surface area (Å²) in [4.78, 5) is 29.1. The van der Waals surface area contributed by atoms with Crippen LogP contribution in [0.1, 0.15) is 50.9 Å². The molecule has 150 valence electrons. The van der Waals surface area contributed by atoms with Gasteiger partial charge in [0, 0.05) is 31.1 Å². The number of aromatic nitrogens is 2. The van der Waals surface area contributed by atoms with Crippen molar-refractivity contribution in [2.75, 3.05) is 26.2 Å². The summed E-state index contributed by atoms with van der Waals surface area (Å²) in [6.45, 7) is 9.31. The van der Waals surface area contributed by atoms with E-state index in [0.29, 0.717) is 17.4 Å². The van der Waals surface area contributed by atoms with Crippen molar-refractivity contribution in [3.05, 3.63) is 11.4 Å². The fourth-order valence-corrected chi connectivity index (χ4v) is 4.07. The van der Waals surface area contributed by atoms with Gasteiger partial charge in [-0.1, -0.05) is 10.3 Å². The van der Waals surface area contributed by atoms with Crippen LogP contribution < -0.4 is 5.32 Å². The number of rotatable bonds is 5. The van der Waals surface area contributed by atoms with Crippen LogP contribution in [0, 0.1) is 12.8 Å². The lowest BCUT2D eigenvalue weighted by Gasteiger charge is -2.41. The Kier molecular flexibility index (Phi) is 6.46. The number of piperidine rings is 2. The van der Waals surface area contributed by atoms with Crippen molar-refractivity contribution in [1.29, 1.82) is 0 Å². The maximum absolute atomic E-state index is 12.5. The van der Waals surface area contributed by atoms with Crippen molar-refractivity contribution in [2.24, 2.45) is 5.92 Å². The second kappa shape index (κ2) is 8.82. The summed E-state index contributed by atoms with van der Waals surface area (Å²) < 4.78 is 4.67. The predicted octanol–water partition coefficient (Wildman–Crippen LogP) is 1.15. The smallest absolute Gasteiger partial charge is 0.228 e. The molecule has 2 saturated heterocycles. The van der Waals surface area contributed by atoms with Gasteiger partial charge in [-0.25, -0.2) is 4.63 Å². The zero-order valence-electron chi connectivity index (χ0n) is 16.6. The number of likely N-dealkylation sites (tertiary alicyclic amines) is 2. The van der Waals surface area contributed by atoms with Gasteiger partial charge in [-0.05, 0) is 59.5 Å². The summed E-state index contributed by atoms with van der Waals surface area (Å²) in [5.74, 6) is 0.434. The molecule has 0 bridgehead atoms. The molecule has 0 unspecified atom stereocenters. The molecule has 2 aliphatic heterocycles. The molecule has 0 spiro atoms. The van der Waals surface area contributed by atoms with E-state index in [1.54, 1.807) is 6.92 Å². The van der Waals surface area contributed by atoms with Crippen LogP contribution in [0.4, 0.5) is 0 Å². The van der Waals surface area contributed by atoms with Crippen LogP contribution in [0.2, 0.25) is 0 Å². The van der Waals surface area contributed by atoms with Crippen LogP contribution in [0.5, 0.6) is 0 Å². The summed E-state index contributed by atoms with van der Waals surface area (Å²) in [5, 5.41) is 10.6. The Morgan fingerprint density at radius 1 is 1.11 bits per heavy atom. The van der Waals surface area contributed by atoms with E-state index >= 15 is 0 Å². The molecule has 1 N–H and O–H groups in total. The molecule has 3 heterocycles. The lowest BCUT2D eigenvalue weighted by atomic mass is 9.92. The highest BCUT2D eigenvalue weighted by Gasteiger charge is 2.32. The lowest BCUT2D eigenvalue weighted by Crippen LogP contribution is -2.50. The summed E-state index contributed by atoms with van der Waals surface area (Å²) in [5.41, 5.74) is 1.31. The van der Waals surface area contributed by atoms with E-state index in [4.69, 9.17) is 0 Å². The topological polar surface area (TPSA) is 91.6 Å². The van der Waals surface area contributed by atoms with Gasteiger partial charge in [-0.15, -0.1) is 0 Å². The summed E-state index contributed by atoms with van der Waals surface area (Å²) in [6.07, 6.45) is 4.10. The molecule has 8 nitrogen and oxygen atoms in total. The lowest BCUT2D eigenvalue weighted by molar-refractivity contribution is -0.133. The van der Waals surface area contributed by atoms with E-state index in [1.807, 2.05) is 18.7 Å². The molecule has 0 atom stereocenters. The van der Waals surface area contributed by atoms with E-state index < -0.39 is 0 Å². The van der Waals surface area contributed by atoms with Gasteiger partial charge in [0.05, 0.1) is 6.42 Å². The molecule has 0 radical (unpaired) electrons. The van der Waals surface area contributed by atoms with Crippen LogP contribution in [-0.2, 0) is 16.0 Å². The molecule has 1 aromatic heterocycles. The number of carbonyl (C=O) groups is 2. The van der Waals surface area contributed by atoms with Crippen molar-refractivity contribution in [3.8, 4) is 0 Å². The molecule has 0 saturated carbocycles. The molecule has 2 amide bonds. The minimum atomic E-state index is 0.0938. The van der Waals surface area contributed by atoms with Crippen molar-refractivity contribution in [3.63, 3.8) is 0 Å². The number of hydrogen-bond acceptors (Lipinski definition) is 6. The highest BCUT2D eigenvalue weighted by Crippen LogP contribution is 2.24. The van der Waals surface area contributed by atoms with Gasteiger partial charge in [0.25, 0.3) is 0 Å². The largest absolute Gasteiger partial charge is 0.354 e. The Bertz CT molecular complexity index is 644. The Labute approximate surface area is 160 Å². The van der Waals surface area contributed by atoms with Gasteiger partial charge in [0.2, 0.25) is 11.8 Å². The Morgan fingerprint density at radius 2 is 1.78 bits per heavy atom. The van der Waals surface area contributed by atoms with Crippen molar-refractivity contribution in [2.45, 2.75) is 65.0 Å². The monoisotopic (exact) mass is 377 g/mol. The number of hydrogen-bond donors (Lipinski definition) is 1. The zero-order valence-corrected chi connectivity index (χ0v) is 16.6. The third-order valence-electron chi connectivity index (χ3n) is 5.73. The standard InChI is InChI=1S/C19H31N5O3/c1-13(2)20-19(26)15-4-8-23(9-5-15)16-6-10-24(11-7-16)18(25)12-17-14(3)21-27-22-17/h13,15-16H,4-12H2,1-3H3,(H,20,26). The second-order valence-corrected chi connectivity index (χ2v) is 8.06. The van der Waals surface area contributed by atoms with E-state index in [-0.39, 0.29) is 30.2 Å². The number of nitrogens with one attached hydrogen (secondary N) is 1. The van der Waals surface area contributed by atoms with E-state index in [9.17, 15) is 9.59 Å². The first-order valence-electron chi connectivity index (χ1n) is 10.0. The number of nitrogens with zero attached hydrogens (tertiary/aromatic N) is 4. The minimum Gasteiger partial charge on any atom is -0.354 e. The van der Waals surface area contributed by atoms with Gasteiger partial charge < -0.3 is 15.1 Å². The molecular formula is C19H31N5O3. The Hall–Kier alpha value is -1.96. The highest BCUT2D eigenvalue weighted by atomic mass is 16.6. The second-order valence-electron chi connectivity index (χ2n) is 8.06. The molecule has 27 heavy (non-hydrogen) atoms.